The van der Waals surface area contributed by atoms with Crippen molar-refractivity contribution in [3.63, 3.8) is 0 Å². The Bertz CT molecular complexity index is 2530. The molecule has 4 aliphatic carbocycles. The van der Waals surface area contributed by atoms with E-state index in [-0.39, 0.29) is 70.6 Å². The molecule has 30 heteroatoms. The number of hydrogen-bond acceptors (Lipinski definition) is 20. The molecule has 3 heterocycles. The molecule has 424 valence electrons. The van der Waals surface area contributed by atoms with Gasteiger partial charge >= 0.3 is 23.5 Å². The molecule has 0 spiro atoms. The van der Waals surface area contributed by atoms with Gasteiger partial charge in [-0.15, -0.1) is 0 Å². The minimum atomic E-state index is -5.60. The Hall–Kier alpha value is -2.52. The third kappa shape index (κ3) is 13.9. The number of anilines is 1. The molecule has 0 radical (unpaired) electrons. The van der Waals surface area contributed by atoms with Gasteiger partial charge in [0.05, 0.1) is 31.7 Å². The minimum Gasteiger partial charge on any atom is -0.393 e. The molecule has 5 fully saturated rings. The molecule has 0 aromatic carbocycles. The van der Waals surface area contributed by atoms with Crippen LogP contribution in [-0.2, 0) is 50.7 Å². The summed E-state index contributed by atoms with van der Waals surface area (Å²) in [5.41, 5.74) is 4.55. The van der Waals surface area contributed by atoms with E-state index in [4.69, 9.17) is 19.5 Å². The summed E-state index contributed by atoms with van der Waals surface area (Å²) in [6.07, 6.45) is 1.45. The second-order valence-corrected chi connectivity index (χ2v) is 27.6. The molecule has 7 rings (SSSR count). The number of hydrogen-bond donors (Lipinski definition) is 11. The average Bonchev–Trinajstić information content (AvgIpc) is 4.01. The van der Waals surface area contributed by atoms with Crippen molar-refractivity contribution in [1.82, 2.24) is 30.2 Å². The number of nitrogens with one attached hydrogen (secondary N) is 2. The van der Waals surface area contributed by atoms with E-state index in [0.29, 0.717) is 41.8 Å². The Morgan fingerprint density at radius 3 is 2.35 bits per heavy atom. The predicted molar refractivity (Wildman–Crippen MR) is 268 cm³/mol. The highest BCUT2D eigenvalue weighted by molar-refractivity contribution is 8.13. The third-order valence-electron chi connectivity index (χ3n) is 17.0. The highest BCUT2D eigenvalue weighted by atomic mass is 32.2. The van der Waals surface area contributed by atoms with Crippen molar-refractivity contribution in [2.45, 2.75) is 148 Å². The van der Waals surface area contributed by atoms with Crippen molar-refractivity contribution in [3.8, 4) is 0 Å². The van der Waals surface area contributed by atoms with E-state index in [1.165, 1.54) is 13.8 Å². The van der Waals surface area contributed by atoms with E-state index < -0.39 is 84.6 Å². The first-order chi connectivity index (χ1) is 34.9. The first-order valence-corrected chi connectivity index (χ1v) is 30.9. The fourth-order valence-corrected chi connectivity index (χ4v) is 16.6. The number of nitrogens with two attached hydrogens (primary N) is 1. The lowest BCUT2D eigenvalue weighted by Crippen LogP contribution is -2.58. The van der Waals surface area contributed by atoms with Crippen molar-refractivity contribution >= 4 is 69.1 Å². The Kier molecular flexibility index (Phi) is 19.0. The van der Waals surface area contributed by atoms with Crippen LogP contribution in [0.1, 0.15) is 111 Å². The third-order valence-corrected chi connectivity index (χ3v) is 21.0. The number of nitrogen functional groups attached to an aromatic ring is 1. The summed E-state index contributed by atoms with van der Waals surface area (Å²) in [5.74, 6) is 1.28. The number of imidazole rings is 1. The second kappa shape index (κ2) is 23.7. The van der Waals surface area contributed by atoms with Crippen LogP contribution in [0, 0.1) is 51.8 Å². The quantitative estimate of drug-likeness (QED) is 0.0562. The molecular formula is C45H74N7O19P3S. The van der Waals surface area contributed by atoms with Crippen molar-refractivity contribution in [2.75, 3.05) is 37.8 Å². The van der Waals surface area contributed by atoms with Gasteiger partial charge in [-0.25, -0.2) is 28.6 Å². The van der Waals surface area contributed by atoms with Gasteiger partial charge in [0.1, 0.15) is 36.3 Å². The van der Waals surface area contributed by atoms with Crippen LogP contribution < -0.4 is 16.4 Å². The Balaban J connectivity index is 0.778. The van der Waals surface area contributed by atoms with Gasteiger partial charge in [0.15, 0.2) is 22.8 Å². The molecule has 26 nitrogen and oxygen atoms in total. The summed E-state index contributed by atoms with van der Waals surface area (Å²) in [5, 5.41) is 48.8. The molecular weight excluding hydrogens is 1070 g/mol. The second-order valence-electron chi connectivity index (χ2n) is 22.3. The molecule has 1 saturated heterocycles. The number of rotatable bonds is 23. The fraction of sp³-hybridized carbons (Fsp3) is 0.822. The highest BCUT2D eigenvalue weighted by Gasteiger charge is 2.63. The highest BCUT2D eigenvalue weighted by Crippen LogP contribution is 2.68. The van der Waals surface area contributed by atoms with Crippen LogP contribution in [0.3, 0.4) is 0 Å². The van der Waals surface area contributed by atoms with Gasteiger partial charge < -0.3 is 61.1 Å². The van der Waals surface area contributed by atoms with Gasteiger partial charge in [0.25, 0.3) is 0 Å². The molecule has 2 amide bonds. The zero-order valence-corrected chi connectivity index (χ0v) is 46.2. The number of thioether (sulfide) groups is 1. The molecule has 2 aromatic rings. The number of ether oxygens (including phenoxy) is 1. The Labute approximate surface area is 438 Å². The first kappa shape index (κ1) is 60.1. The number of nitrogens with zero attached hydrogens (tertiary/aromatic N) is 4. The van der Waals surface area contributed by atoms with Crippen molar-refractivity contribution in [3.05, 3.63) is 12.7 Å². The van der Waals surface area contributed by atoms with Crippen LogP contribution in [0.4, 0.5) is 5.82 Å². The summed E-state index contributed by atoms with van der Waals surface area (Å²) >= 11 is 1.15. The predicted octanol–water partition coefficient (Wildman–Crippen LogP) is 3.07. The summed E-state index contributed by atoms with van der Waals surface area (Å²) in [4.78, 5) is 89.7. The molecule has 4 saturated carbocycles. The molecule has 75 heavy (non-hydrogen) atoms. The van der Waals surface area contributed by atoms with E-state index in [1.807, 2.05) is 0 Å². The van der Waals surface area contributed by atoms with Crippen LogP contribution in [0.15, 0.2) is 12.7 Å². The SMILES string of the molecule is C[C@H](CCC(=O)SCCNC(=O)CCNC(=O)C(O)C(C)(C)COP(=O)(O)OP(=O)(O)OC[C@H]1O[C@@H](n2cnc3c(N)ncnc32)[C@H](O)[C@@H]1OP(=O)(O)O)[C@H]1CC[C@H]2[C@@H]3[C@H](O)CC4C[C@H](O)CC[C@]4(C)[C@H]3CC[C@]12C. The zero-order chi connectivity index (χ0) is 55.1. The average molecular weight is 1140 g/mol. The normalized spacial score (nSPS) is 34.3. The summed E-state index contributed by atoms with van der Waals surface area (Å²) in [6, 6.07) is 0. The van der Waals surface area contributed by atoms with Gasteiger partial charge in [-0.1, -0.05) is 46.4 Å². The molecule has 5 aliphatic rings. The summed E-state index contributed by atoms with van der Waals surface area (Å²) in [6.45, 7) is 7.58. The smallest absolute Gasteiger partial charge is 0.393 e. The molecule has 4 unspecified atom stereocenters. The van der Waals surface area contributed by atoms with E-state index in [2.05, 4.69) is 55.2 Å². The number of amides is 2. The summed E-state index contributed by atoms with van der Waals surface area (Å²) in [7, 11) is -16.5. The van der Waals surface area contributed by atoms with E-state index in [1.54, 1.807) is 0 Å². The first-order valence-electron chi connectivity index (χ1n) is 25.4. The number of aliphatic hydroxyl groups is 4. The van der Waals surface area contributed by atoms with Crippen molar-refractivity contribution in [2.24, 2.45) is 51.8 Å². The van der Waals surface area contributed by atoms with Gasteiger partial charge in [-0.2, -0.15) is 4.31 Å². The van der Waals surface area contributed by atoms with E-state index in [9.17, 15) is 68.1 Å². The fourth-order valence-electron chi connectivity index (χ4n) is 13.1. The number of carbonyl (C=O) groups excluding carboxylic acids is 3. The van der Waals surface area contributed by atoms with Crippen LogP contribution in [0.25, 0.3) is 11.2 Å². The van der Waals surface area contributed by atoms with Gasteiger partial charge in [-0.05, 0) is 104 Å². The minimum absolute atomic E-state index is 0.0288. The monoisotopic (exact) mass is 1140 g/mol. The summed E-state index contributed by atoms with van der Waals surface area (Å²) < 4.78 is 62.7. The molecule has 17 atom stereocenters. The lowest BCUT2D eigenvalue weighted by molar-refractivity contribution is -0.174. The van der Waals surface area contributed by atoms with E-state index in [0.717, 1.165) is 86.8 Å². The van der Waals surface area contributed by atoms with Crippen LogP contribution in [0.5, 0.6) is 0 Å². The van der Waals surface area contributed by atoms with Gasteiger partial charge in [-0.3, -0.25) is 32.5 Å². The van der Waals surface area contributed by atoms with Gasteiger partial charge in [0.2, 0.25) is 11.8 Å². The van der Waals surface area contributed by atoms with Crippen molar-refractivity contribution in [1.29, 1.82) is 0 Å². The number of fused-ring (bicyclic) bond motifs is 6. The maximum absolute atomic E-state index is 13.0. The van der Waals surface area contributed by atoms with Crippen LogP contribution in [0.2, 0.25) is 0 Å². The van der Waals surface area contributed by atoms with E-state index >= 15 is 0 Å². The number of carbonyl (C=O) groups is 3. The molecule has 1 aliphatic heterocycles. The maximum atomic E-state index is 13.0. The lowest BCUT2D eigenvalue weighted by Gasteiger charge is -2.62. The molecule has 2 aromatic heterocycles. The Morgan fingerprint density at radius 1 is 0.933 bits per heavy atom. The number of aliphatic hydroxyl groups excluding tert-OH is 4. The largest absolute Gasteiger partial charge is 0.481 e. The van der Waals surface area contributed by atoms with Gasteiger partial charge in [0, 0.05) is 37.1 Å². The number of aromatic nitrogens is 4. The molecule has 0 bridgehead atoms. The maximum Gasteiger partial charge on any atom is 0.481 e. The van der Waals surface area contributed by atoms with Crippen LogP contribution >= 0.6 is 35.2 Å². The number of phosphoric ester groups is 3. The Morgan fingerprint density at radius 2 is 1.63 bits per heavy atom. The topological polar surface area (TPSA) is 404 Å². The lowest BCUT2D eigenvalue weighted by atomic mass is 9.43. The zero-order valence-electron chi connectivity index (χ0n) is 42.7. The van der Waals surface area contributed by atoms with Crippen molar-refractivity contribution < 1.29 is 90.7 Å². The molecule has 12 N–H and O–H groups in total. The standard InChI is InChI=1S/C45H74N7O19P3S/c1-24(27-7-8-28-34-29(11-14-45(27,28)5)44(4)13-10-26(53)18-25(44)19-30(34)54)6-9-33(56)75-17-16-47-32(55)12-15-48-41(59)38(58)43(2,3)21-68-74(65,66)71-73(63,64)67-20-31-37(70-72(60,61)62)36(57)42(69-31)52-23-51-35-39(46)49-22-50-40(35)52/h22-31,34,36-38,42,53-54,57-58H,6-21H2,1-5H3,(H,47,55)(H,48,59)(H,63,64)(H,65,66)(H2,46,49,50)(H2,60,61,62)/t24-,25?,26-,27-,28+,29+,30-,31-,34+,36-,37-,38?,42-,44+,45-/m1/s1. The number of phosphoric acid groups is 3. The van der Waals surface area contributed by atoms with Crippen LogP contribution in [-0.4, -0.2) is 145 Å².